The number of rotatable bonds is 10. The van der Waals surface area contributed by atoms with Gasteiger partial charge in [0.05, 0.1) is 33.6 Å². The fourth-order valence-electron chi connectivity index (χ4n) is 5.10. The predicted octanol–water partition coefficient (Wildman–Crippen LogP) is 5.82. The Hall–Kier alpha value is -6.11. The Morgan fingerprint density at radius 1 is 0.915 bits per heavy atom. The third kappa shape index (κ3) is 6.64. The molecule has 3 N–H and O–H groups in total. The second-order valence-electron chi connectivity index (χ2n) is 10.7. The number of anilines is 6. The lowest BCUT2D eigenvalue weighted by Gasteiger charge is -2.35. The monoisotopic (exact) mass is 637 g/mol. The maximum absolute atomic E-state index is 13.7. The number of hydrogen-bond donors (Lipinski definition) is 3. The number of ether oxygens (including phenoxy) is 3. The van der Waals surface area contributed by atoms with Crippen molar-refractivity contribution in [2.75, 3.05) is 54.1 Å². The number of methoxy groups -OCH3 is 3. The highest BCUT2D eigenvalue weighted by atomic mass is 16.5. The van der Waals surface area contributed by atoms with Crippen molar-refractivity contribution in [1.29, 1.82) is 0 Å². The molecule has 0 fully saturated rings. The first-order chi connectivity index (χ1) is 22.6. The molecule has 0 bridgehead atoms. The van der Waals surface area contributed by atoms with Crippen molar-refractivity contribution in [3.8, 4) is 17.2 Å². The molecule has 4 amide bonds. The summed E-state index contributed by atoms with van der Waals surface area (Å²) in [6.07, 6.45) is 2.87. The zero-order chi connectivity index (χ0) is 33.8. The maximum atomic E-state index is 13.7. The van der Waals surface area contributed by atoms with Gasteiger partial charge in [-0.25, -0.2) is 9.78 Å². The third-order valence-electron chi connectivity index (χ3n) is 7.63. The van der Waals surface area contributed by atoms with E-state index in [1.165, 1.54) is 32.3 Å². The van der Waals surface area contributed by atoms with Crippen LogP contribution in [0.3, 0.4) is 0 Å². The van der Waals surface area contributed by atoms with Gasteiger partial charge in [0.15, 0.2) is 11.5 Å². The third-order valence-corrected chi connectivity index (χ3v) is 7.63. The minimum Gasteiger partial charge on any atom is -0.493 e. The molecule has 13 nitrogen and oxygen atoms in total. The van der Waals surface area contributed by atoms with Crippen molar-refractivity contribution in [3.05, 3.63) is 89.6 Å². The summed E-state index contributed by atoms with van der Waals surface area (Å²) in [5.41, 5.74) is 5.12. The van der Waals surface area contributed by atoms with Crippen molar-refractivity contribution < 1.29 is 28.6 Å². The van der Waals surface area contributed by atoms with Crippen LogP contribution in [0, 0.1) is 13.8 Å². The molecule has 1 aromatic heterocycles. The molecular formula is C34H35N7O6. The van der Waals surface area contributed by atoms with E-state index in [-0.39, 0.29) is 24.4 Å². The fourth-order valence-corrected chi connectivity index (χ4v) is 5.10. The molecule has 13 heteroatoms. The lowest BCUT2D eigenvalue weighted by Crippen LogP contribution is -2.46. The van der Waals surface area contributed by atoms with Gasteiger partial charge in [-0.1, -0.05) is 18.7 Å². The number of nitrogens with one attached hydrogen (secondary N) is 3. The van der Waals surface area contributed by atoms with Crippen LogP contribution in [0.15, 0.2) is 67.4 Å². The standard InChI is InChI=1S/C34H35N7O6/c1-8-29(42)38-25-15-23(11-9-19(25)2)37-33-35-17-22-18-41(34(44)40(4)31(22)39-33)26-16-24(12-10-20(26)3)36-32(43)21-13-27(45-5)30(47-7)28(14-21)46-6/h8-17H,1,18H2,2-7H3,(H,36,43)(H,38,42)(H,35,37,39). The van der Waals surface area contributed by atoms with Crippen LogP contribution in [0.4, 0.5) is 39.3 Å². The number of carbonyl (C=O) groups excluding carboxylic acids is 3. The second-order valence-corrected chi connectivity index (χ2v) is 10.7. The van der Waals surface area contributed by atoms with Crippen LogP contribution in [0.25, 0.3) is 0 Å². The van der Waals surface area contributed by atoms with Crippen LogP contribution >= 0.6 is 0 Å². The Balaban J connectivity index is 1.37. The van der Waals surface area contributed by atoms with Gasteiger partial charge < -0.3 is 30.2 Å². The van der Waals surface area contributed by atoms with Crippen molar-refractivity contribution in [2.45, 2.75) is 20.4 Å². The molecule has 0 unspecified atom stereocenters. The quantitative estimate of drug-likeness (QED) is 0.183. The minimum atomic E-state index is -0.399. The lowest BCUT2D eigenvalue weighted by molar-refractivity contribution is -0.111. The summed E-state index contributed by atoms with van der Waals surface area (Å²) >= 11 is 0. The topological polar surface area (TPSA) is 147 Å². The molecule has 0 spiro atoms. The first-order valence-electron chi connectivity index (χ1n) is 14.5. The van der Waals surface area contributed by atoms with Gasteiger partial charge in [-0.15, -0.1) is 0 Å². The summed E-state index contributed by atoms with van der Waals surface area (Å²) in [6.45, 7) is 7.47. The largest absolute Gasteiger partial charge is 0.493 e. The number of aromatic nitrogens is 2. The molecule has 2 heterocycles. The van der Waals surface area contributed by atoms with Crippen molar-refractivity contribution in [3.63, 3.8) is 0 Å². The number of nitrogens with zero attached hydrogens (tertiary/aromatic N) is 4. The predicted molar refractivity (Wildman–Crippen MR) is 181 cm³/mol. The smallest absolute Gasteiger partial charge is 0.330 e. The molecule has 242 valence electrons. The molecule has 47 heavy (non-hydrogen) atoms. The van der Waals surface area contributed by atoms with E-state index in [1.807, 2.05) is 32.0 Å². The number of carbonyl (C=O) groups is 3. The summed E-state index contributed by atoms with van der Waals surface area (Å²) < 4.78 is 16.1. The van der Waals surface area contributed by atoms with Crippen LogP contribution in [-0.2, 0) is 11.3 Å². The SMILES string of the molecule is C=CC(=O)Nc1cc(Nc2ncc3c(n2)N(C)C(=O)N(c2cc(NC(=O)c4cc(OC)c(OC)c(OC)c4)ccc2C)C3)ccc1C. The molecule has 0 radical (unpaired) electrons. The van der Waals surface area contributed by atoms with Gasteiger partial charge in [-0.2, -0.15) is 4.98 Å². The molecule has 0 aliphatic carbocycles. The first-order valence-corrected chi connectivity index (χ1v) is 14.5. The highest BCUT2D eigenvalue weighted by molar-refractivity contribution is 6.08. The molecule has 4 aromatic rings. The van der Waals surface area contributed by atoms with Crippen LogP contribution in [0.1, 0.15) is 27.0 Å². The van der Waals surface area contributed by atoms with E-state index in [4.69, 9.17) is 14.2 Å². The summed E-state index contributed by atoms with van der Waals surface area (Å²) in [5, 5.41) is 8.82. The highest BCUT2D eigenvalue weighted by Crippen LogP contribution is 2.39. The van der Waals surface area contributed by atoms with Gasteiger partial charge in [0.1, 0.15) is 5.82 Å². The Morgan fingerprint density at radius 3 is 2.26 bits per heavy atom. The van der Waals surface area contributed by atoms with Gasteiger partial charge >= 0.3 is 6.03 Å². The van der Waals surface area contributed by atoms with E-state index >= 15 is 0 Å². The van der Waals surface area contributed by atoms with Gasteiger partial charge in [0.2, 0.25) is 17.6 Å². The molecule has 0 saturated carbocycles. The molecule has 1 aliphatic heterocycles. The molecule has 0 saturated heterocycles. The number of aryl methyl sites for hydroxylation is 2. The fraction of sp³-hybridized carbons (Fsp3) is 0.206. The zero-order valence-electron chi connectivity index (χ0n) is 26.9. The lowest BCUT2D eigenvalue weighted by atomic mass is 10.1. The Morgan fingerprint density at radius 2 is 1.60 bits per heavy atom. The maximum Gasteiger partial charge on any atom is 0.330 e. The number of urea groups is 1. The molecular weight excluding hydrogens is 602 g/mol. The van der Waals surface area contributed by atoms with Crippen LogP contribution in [0.2, 0.25) is 0 Å². The number of amides is 4. The summed E-state index contributed by atoms with van der Waals surface area (Å²) in [4.78, 5) is 50.9. The van der Waals surface area contributed by atoms with Crippen molar-refractivity contribution in [1.82, 2.24) is 9.97 Å². The summed E-state index contributed by atoms with van der Waals surface area (Å²) in [5.74, 6) is 1.11. The molecule has 3 aromatic carbocycles. The average molecular weight is 638 g/mol. The molecule has 0 atom stereocenters. The van der Waals surface area contributed by atoms with E-state index in [2.05, 4.69) is 32.5 Å². The van der Waals surface area contributed by atoms with Gasteiger partial charge in [-0.3, -0.25) is 19.4 Å². The second kappa shape index (κ2) is 13.5. The van der Waals surface area contributed by atoms with Gasteiger partial charge in [0, 0.05) is 41.4 Å². The van der Waals surface area contributed by atoms with E-state index in [9.17, 15) is 14.4 Å². The van der Waals surface area contributed by atoms with E-state index in [0.717, 1.165) is 16.7 Å². The minimum absolute atomic E-state index is 0.214. The van der Waals surface area contributed by atoms with Crippen LogP contribution < -0.4 is 40.0 Å². The number of benzene rings is 3. The summed E-state index contributed by atoms with van der Waals surface area (Å²) in [6, 6.07) is 13.6. The van der Waals surface area contributed by atoms with E-state index < -0.39 is 5.91 Å². The number of fused-ring (bicyclic) bond motifs is 1. The first kappa shape index (κ1) is 32.3. The van der Waals surface area contributed by atoms with Crippen molar-refractivity contribution in [2.24, 2.45) is 0 Å². The summed E-state index contributed by atoms with van der Waals surface area (Å²) in [7, 11) is 6.09. The van der Waals surface area contributed by atoms with Gasteiger partial charge in [0.25, 0.3) is 5.91 Å². The van der Waals surface area contributed by atoms with E-state index in [0.29, 0.717) is 51.4 Å². The van der Waals surface area contributed by atoms with Crippen LogP contribution in [-0.4, -0.2) is 56.2 Å². The van der Waals surface area contributed by atoms with Crippen LogP contribution in [0.5, 0.6) is 17.2 Å². The average Bonchev–Trinajstić information content (AvgIpc) is 3.08. The zero-order valence-corrected chi connectivity index (χ0v) is 26.9. The molecule has 1 aliphatic rings. The Labute approximate surface area is 272 Å². The van der Waals surface area contributed by atoms with E-state index in [1.54, 1.807) is 48.5 Å². The molecule has 5 rings (SSSR count). The normalized spacial score (nSPS) is 12.2. The Bertz CT molecular complexity index is 1870. The number of hydrogen-bond acceptors (Lipinski definition) is 9. The highest BCUT2D eigenvalue weighted by Gasteiger charge is 2.32. The van der Waals surface area contributed by atoms with Crippen molar-refractivity contribution >= 4 is 52.4 Å². The van der Waals surface area contributed by atoms with Gasteiger partial charge in [-0.05, 0) is 67.4 Å². The Kier molecular flexibility index (Phi) is 9.26.